The van der Waals surface area contributed by atoms with E-state index in [9.17, 15) is 43.2 Å². The molecule has 3 unspecified atom stereocenters. The first-order valence-corrected chi connectivity index (χ1v) is 50.0. The lowest BCUT2D eigenvalue weighted by Crippen LogP contribution is -2.30. The smallest absolute Gasteiger partial charge is 0.462 e. The maximum absolute atomic E-state index is 13.2. The summed E-state index contributed by atoms with van der Waals surface area (Å²) in [6.07, 6.45) is 76.4. The van der Waals surface area contributed by atoms with Crippen LogP contribution in [0.15, 0.2) is 0 Å². The summed E-state index contributed by atoms with van der Waals surface area (Å²) in [6, 6.07) is 0. The molecule has 654 valence electrons. The molecule has 0 bridgehead atoms. The number of carbonyl (C=O) groups excluding carboxylic acids is 4. The highest BCUT2D eigenvalue weighted by Gasteiger charge is 2.31. The van der Waals surface area contributed by atoms with Crippen LogP contribution in [0.4, 0.5) is 0 Å². The van der Waals surface area contributed by atoms with Gasteiger partial charge in [-0.1, -0.05) is 440 Å². The number of ether oxygens (including phenoxy) is 4. The van der Waals surface area contributed by atoms with Crippen molar-refractivity contribution in [3.8, 4) is 0 Å². The van der Waals surface area contributed by atoms with E-state index in [1.165, 1.54) is 308 Å². The van der Waals surface area contributed by atoms with Crippen molar-refractivity contribution < 1.29 is 80.2 Å². The molecule has 0 fully saturated rings. The SMILES string of the molecule is CCCCCCCCCCCCCCCCCCCCCCC(=O)OC[C@H](COP(=O)(O)OC[C@@H](O)COP(=O)(O)OC[C@@H](COC(=O)CCCCCCCCCCCCC)OC(=O)CCCCCCCCCCCCCCCCC(C)C)OC(=O)CCCCCCCCCCCCCCCCCCCCC(C)CC. The highest BCUT2D eigenvalue weighted by atomic mass is 31.2. The summed E-state index contributed by atoms with van der Waals surface area (Å²) in [6.45, 7) is 9.79. The average molecular weight is 1610 g/mol. The van der Waals surface area contributed by atoms with E-state index in [4.69, 9.17) is 37.0 Å². The van der Waals surface area contributed by atoms with Crippen LogP contribution in [0.1, 0.15) is 491 Å². The number of hydrogen-bond acceptors (Lipinski definition) is 15. The van der Waals surface area contributed by atoms with E-state index in [0.717, 1.165) is 102 Å². The predicted molar refractivity (Wildman–Crippen MR) is 455 cm³/mol. The van der Waals surface area contributed by atoms with Gasteiger partial charge in [-0.15, -0.1) is 0 Å². The van der Waals surface area contributed by atoms with Gasteiger partial charge in [0.15, 0.2) is 12.2 Å². The summed E-state index contributed by atoms with van der Waals surface area (Å²) < 4.78 is 69.1. The van der Waals surface area contributed by atoms with Crippen molar-refractivity contribution in [3.63, 3.8) is 0 Å². The Balaban J connectivity index is 5.23. The first kappa shape index (κ1) is 108. The van der Waals surface area contributed by atoms with Crippen LogP contribution >= 0.6 is 15.6 Å². The molecule has 0 radical (unpaired) electrons. The highest BCUT2D eigenvalue weighted by molar-refractivity contribution is 7.47. The van der Waals surface area contributed by atoms with Gasteiger partial charge in [-0.3, -0.25) is 37.3 Å². The molecule has 0 spiro atoms. The Kier molecular flexibility index (Phi) is 80.7. The molecule has 3 N–H and O–H groups in total. The fourth-order valence-corrected chi connectivity index (χ4v) is 15.9. The fraction of sp³-hybridized carbons (Fsp3) is 0.956. The zero-order valence-electron chi connectivity index (χ0n) is 72.6. The molecule has 0 aromatic carbocycles. The minimum absolute atomic E-state index is 0.108. The van der Waals surface area contributed by atoms with Crippen LogP contribution in [0.25, 0.3) is 0 Å². The molecule has 0 aliphatic heterocycles. The molecule has 17 nitrogen and oxygen atoms in total. The zero-order valence-corrected chi connectivity index (χ0v) is 74.4. The predicted octanol–water partition coefficient (Wildman–Crippen LogP) is 28.2. The molecule has 0 aromatic rings. The third kappa shape index (κ3) is 82.6. The molecule has 6 atom stereocenters. The molecule has 19 heteroatoms. The Labute approximate surface area is 677 Å². The summed E-state index contributed by atoms with van der Waals surface area (Å²) in [7, 11) is -9.93. The van der Waals surface area contributed by atoms with Gasteiger partial charge >= 0.3 is 39.5 Å². The number of unbranched alkanes of at least 4 members (excludes halogenated alkanes) is 59. The van der Waals surface area contributed by atoms with Crippen molar-refractivity contribution in [1.82, 2.24) is 0 Å². The molecule has 0 aliphatic rings. The molecule has 110 heavy (non-hydrogen) atoms. The van der Waals surface area contributed by atoms with Crippen LogP contribution in [-0.2, 0) is 65.4 Å². The van der Waals surface area contributed by atoms with E-state index < -0.39 is 97.5 Å². The van der Waals surface area contributed by atoms with Crippen molar-refractivity contribution in [2.24, 2.45) is 11.8 Å². The summed E-state index contributed by atoms with van der Waals surface area (Å²) in [5, 5.41) is 10.7. The molecule has 0 saturated carbocycles. The van der Waals surface area contributed by atoms with Gasteiger partial charge in [-0.25, -0.2) is 9.13 Å². The quantitative estimate of drug-likeness (QED) is 0.0222. The molecule has 0 aliphatic carbocycles. The van der Waals surface area contributed by atoms with Gasteiger partial charge in [0.2, 0.25) is 0 Å². The normalized spacial score (nSPS) is 14.0. The van der Waals surface area contributed by atoms with E-state index in [1.54, 1.807) is 0 Å². The van der Waals surface area contributed by atoms with Crippen LogP contribution < -0.4 is 0 Å². The Bertz CT molecular complexity index is 2100. The first-order chi connectivity index (χ1) is 53.4. The maximum Gasteiger partial charge on any atom is 0.472 e. The maximum atomic E-state index is 13.2. The number of phosphoric acid groups is 2. The summed E-state index contributed by atoms with van der Waals surface area (Å²) in [5.74, 6) is -0.429. The summed E-state index contributed by atoms with van der Waals surface area (Å²) in [4.78, 5) is 73.4. The Morgan fingerprint density at radius 1 is 0.264 bits per heavy atom. The molecule has 0 heterocycles. The van der Waals surface area contributed by atoms with Gasteiger partial charge < -0.3 is 33.8 Å². The highest BCUT2D eigenvalue weighted by Crippen LogP contribution is 2.45. The Morgan fingerprint density at radius 2 is 0.464 bits per heavy atom. The molecule has 0 saturated heterocycles. The lowest BCUT2D eigenvalue weighted by Gasteiger charge is -2.21. The summed E-state index contributed by atoms with van der Waals surface area (Å²) in [5.41, 5.74) is 0. The third-order valence-corrected chi connectivity index (χ3v) is 23.7. The molecular formula is C91H178O17P2. The monoisotopic (exact) mass is 1610 g/mol. The van der Waals surface area contributed by atoms with Crippen molar-refractivity contribution in [2.75, 3.05) is 39.6 Å². The van der Waals surface area contributed by atoms with Crippen LogP contribution in [0, 0.1) is 11.8 Å². The van der Waals surface area contributed by atoms with Crippen molar-refractivity contribution in [1.29, 1.82) is 0 Å². The second-order valence-electron chi connectivity index (χ2n) is 33.4. The first-order valence-electron chi connectivity index (χ1n) is 47.0. The second kappa shape index (κ2) is 82.2. The molecule has 0 aromatic heterocycles. The van der Waals surface area contributed by atoms with E-state index in [2.05, 4.69) is 41.5 Å². The number of hydrogen-bond donors (Lipinski definition) is 3. The number of esters is 4. The van der Waals surface area contributed by atoms with E-state index in [-0.39, 0.29) is 25.7 Å². The van der Waals surface area contributed by atoms with E-state index in [0.29, 0.717) is 25.7 Å². The number of phosphoric ester groups is 2. The van der Waals surface area contributed by atoms with Crippen LogP contribution in [0.3, 0.4) is 0 Å². The number of aliphatic hydroxyl groups excluding tert-OH is 1. The Morgan fingerprint density at radius 3 is 0.691 bits per heavy atom. The van der Waals surface area contributed by atoms with Crippen molar-refractivity contribution >= 4 is 39.5 Å². The number of carbonyl (C=O) groups is 4. The van der Waals surface area contributed by atoms with Gasteiger partial charge in [-0.2, -0.15) is 0 Å². The molecule has 0 amide bonds. The Hall–Kier alpha value is -1.94. The van der Waals surface area contributed by atoms with Gasteiger partial charge in [0.25, 0.3) is 0 Å². The van der Waals surface area contributed by atoms with Crippen LogP contribution in [-0.4, -0.2) is 96.7 Å². The second-order valence-corrected chi connectivity index (χ2v) is 36.3. The summed E-state index contributed by atoms with van der Waals surface area (Å²) >= 11 is 0. The van der Waals surface area contributed by atoms with Crippen molar-refractivity contribution in [3.05, 3.63) is 0 Å². The topological polar surface area (TPSA) is 237 Å². The third-order valence-electron chi connectivity index (χ3n) is 21.8. The largest absolute Gasteiger partial charge is 0.472 e. The average Bonchev–Trinajstić information content (AvgIpc) is 0.897. The van der Waals surface area contributed by atoms with Crippen LogP contribution in [0.2, 0.25) is 0 Å². The van der Waals surface area contributed by atoms with E-state index >= 15 is 0 Å². The van der Waals surface area contributed by atoms with Crippen LogP contribution in [0.5, 0.6) is 0 Å². The lowest BCUT2D eigenvalue weighted by molar-refractivity contribution is -0.161. The minimum Gasteiger partial charge on any atom is -0.462 e. The van der Waals surface area contributed by atoms with Gasteiger partial charge in [-0.05, 0) is 37.5 Å². The zero-order chi connectivity index (χ0) is 80.6. The molecular weight excluding hydrogens is 1430 g/mol. The lowest BCUT2D eigenvalue weighted by atomic mass is 9.99. The van der Waals surface area contributed by atoms with Crippen molar-refractivity contribution in [2.45, 2.75) is 509 Å². The minimum atomic E-state index is -4.97. The van der Waals surface area contributed by atoms with Gasteiger partial charge in [0.05, 0.1) is 26.4 Å². The van der Waals surface area contributed by atoms with Gasteiger partial charge in [0.1, 0.15) is 19.3 Å². The van der Waals surface area contributed by atoms with E-state index in [1.807, 2.05) is 0 Å². The molecule has 0 rings (SSSR count). The standard InChI is InChI=1S/C91H178O17P2/c1-7-10-12-14-16-18-20-21-22-23-24-25-29-32-38-44-50-56-62-68-74-89(94)102-80-87(108-90(95)75-69-63-57-51-45-39-33-30-27-26-28-31-37-43-48-54-60-66-72-84(6)9-3)82-106-110(99,100)104-78-85(92)77-103-109(97,98)105-81-86(79-101-88(93)73-67-61-55-49-41-19-17-15-13-11-8-2)107-91(96)76-70-64-58-52-46-40-35-34-36-42-47-53-59-65-71-83(4)5/h83-87,92H,7-82H2,1-6H3,(H,97,98)(H,99,100)/t84?,85-,86+,87+/m0/s1. The fourth-order valence-electron chi connectivity index (χ4n) is 14.3. The van der Waals surface area contributed by atoms with Gasteiger partial charge in [0, 0.05) is 25.7 Å². The number of rotatable bonds is 90. The number of aliphatic hydroxyl groups is 1.